The number of dihydropyridines is 1. The summed E-state index contributed by atoms with van der Waals surface area (Å²) in [6, 6.07) is 4.04. The summed E-state index contributed by atoms with van der Waals surface area (Å²) >= 11 is 4.46. The highest BCUT2D eigenvalue weighted by atomic mass is 32.1. The van der Waals surface area contributed by atoms with E-state index in [0.29, 0.717) is 5.75 Å². The molecule has 1 unspecified atom stereocenters. The average molecular weight is 290 g/mol. The van der Waals surface area contributed by atoms with Gasteiger partial charge in [0.1, 0.15) is 5.75 Å². The minimum Gasteiger partial charge on any atom is -0.454 e. The molecule has 1 aliphatic heterocycles. The second-order valence-electron chi connectivity index (χ2n) is 4.92. The lowest BCUT2D eigenvalue weighted by atomic mass is 10.1. The summed E-state index contributed by atoms with van der Waals surface area (Å²) in [5.74, 6) is 0.125. The SMILES string of the molecule is Cc1cc(C)c(OC2(S)NC=CC=C2C(N)=O)c(C)c1. The number of allylic oxidation sites excluding steroid dienone is 2. The monoisotopic (exact) mass is 290 g/mol. The summed E-state index contributed by atoms with van der Waals surface area (Å²) in [5, 5.41) is 1.68. The van der Waals surface area contributed by atoms with Gasteiger partial charge in [0, 0.05) is 6.20 Å². The van der Waals surface area contributed by atoms with E-state index in [0.717, 1.165) is 16.7 Å². The van der Waals surface area contributed by atoms with Crippen LogP contribution in [0.3, 0.4) is 0 Å². The number of hydrogen-bond acceptors (Lipinski definition) is 4. The highest BCUT2D eigenvalue weighted by Gasteiger charge is 2.37. The number of nitrogens with one attached hydrogen (secondary N) is 1. The molecule has 1 atom stereocenters. The Morgan fingerprint density at radius 3 is 2.45 bits per heavy atom. The number of amides is 1. The summed E-state index contributed by atoms with van der Waals surface area (Å²) in [4.78, 5) is 11.5. The second-order valence-corrected chi connectivity index (χ2v) is 5.55. The molecule has 20 heavy (non-hydrogen) atoms. The smallest absolute Gasteiger partial charge is 0.258 e. The molecular formula is C15H18N2O2S. The van der Waals surface area contributed by atoms with Crippen LogP contribution in [-0.4, -0.2) is 11.0 Å². The number of benzene rings is 1. The molecule has 1 aromatic rings. The lowest BCUT2D eigenvalue weighted by Crippen LogP contribution is -2.49. The minimum atomic E-state index is -1.26. The van der Waals surface area contributed by atoms with Crippen molar-refractivity contribution in [3.8, 4) is 5.75 Å². The zero-order valence-electron chi connectivity index (χ0n) is 11.7. The third kappa shape index (κ3) is 2.67. The van der Waals surface area contributed by atoms with Gasteiger partial charge in [0.2, 0.25) is 0 Å². The topological polar surface area (TPSA) is 64.3 Å². The summed E-state index contributed by atoms with van der Waals surface area (Å²) in [7, 11) is 0. The number of rotatable bonds is 3. The number of carbonyl (C=O) groups is 1. The molecule has 1 amide bonds. The molecule has 0 bridgehead atoms. The molecular weight excluding hydrogens is 272 g/mol. The van der Waals surface area contributed by atoms with E-state index in [9.17, 15) is 4.79 Å². The number of hydrogen-bond donors (Lipinski definition) is 3. The van der Waals surface area contributed by atoms with Crippen molar-refractivity contribution in [2.75, 3.05) is 0 Å². The first-order valence-corrected chi connectivity index (χ1v) is 6.72. The van der Waals surface area contributed by atoms with Gasteiger partial charge >= 0.3 is 0 Å². The highest BCUT2D eigenvalue weighted by Crippen LogP contribution is 2.33. The molecule has 0 radical (unpaired) electrons. The molecule has 0 saturated carbocycles. The maximum atomic E-state index is 11.5. The van der Waals surface area contributed by atoms with Crippen molar-refractivity contribution in [1.82, 2.24) is 5.32 Å². The van der Waals surface area contributed by atoms with Crippen LogP contribution in [0.15, 0.2) is 36.1 Å². The van der Waals surface area contributed by atoms with E-state index < -0.39 is 11.0 Å². The standard InChI is InChI=1S/C15H18N2O2S/c1-9-7-10(2)13(11(3)8-9)19-15(20)12(14(16)18)5-4-6-17-15/h4-8,17,20H,1-3H3,(H2,16,18). The van der Waals surface area contributed by atoms with E-state index in [4.69, 9.17) is 10.5 Å². The number of primary amides is 1. The van der Waals surface area contributed by atoms with Gasteiger partial charge in [0.25, 0.3) is 11.0 Å². The van der Waals surface area contributed by atoms with E-state index in [1.807, 2.05) is 32.9 Å². The molecule has 1 heterocycles. The van der Waals surface area contributed by atoms with Crippen molar-refractivity contribution < 1.29 is 9.53 Å². The van der Waals surface area contributed by atoms with Gasteiger partial charge in [-0.05, 0) is 44.1 Å². The van der Waals surface area contributed by atoms with Gasteiger partial charge in [-0.15, -0.1) is 12.6 Å². The van der Waals surface area contributed by atoms with Gasteiger partial charge in [0.15, 0.2) is 0 Å². The normalized spacial score (nSPS) is 21.1. The fourth-order valence-corrected chi connectivity index (χ4v) is 2.66. The zero-order chi connectivity index (χ0) is 14.9. The first-order valence-electron chi connectivity index (χ1n) is 6.27. The van der Waals surface area contributed by atoms with Gasteiger partial charge in [-0.25, -0.2) is 0 Å². The summed E-state index contributed by atoms with van der Waals surface area (Å²) < 4.78 is 5.97. The molecule has 5 heteroatoms. The van der Waals surface area contributed by atoms with E-state index in [1.165, 1.54) is 0 Å². The third-order valence-corrected chi connectivity index (χ3v) is 3.58. The first-order chi connectivity index (χ1) is 9.33. The Bertz CT molecular complexity index is 599. The van der Waals surface area contributed by atoms with E-state index in [-0.39, 0.29) is 5.57 Å². The van der Waals surface area contributed by atoms with Crippen molar-refractivity contribution in [1.29, 1.82) is 0 Å². The highest BCUT2D eigenvalue weighted by molar-refractivity contribution is 7.81. The molecule has 106 valence electrons. The molecule has 0 aromatic heterocycles. The number of aryl methyl sites for hydroxylation is 3. The summed E-state index contributed by atoms with van der Waals surface area (Å²) in [5.41, 5.74) is 8.77. The van der Waals surface area contributed by atoms with E-state index in [1.54, 1.807) is 18.4 Å². The average Bonchev–Trinajstić information content (AvgIpc) is 2.34. The maximum absolute atomic E-state index is 11.5. The van der Waals surface area contributed by atoms with Crippen molar-refractivity contribution in [3.63, 3.8) is 0 Å². The third-order valence-electron chi connectivity index (χ3n) is 3.12. The van der Waals surface area contributed by atoms with Crippen LogP contribution in [0.25, 0.3) is 0 Å². The van der Waals surface area contributed by atoms with Crippen LogP contribution in [0.2, 0.25) is 0 Å². The fourth-order valence-electron chi connectivity index (χ4n) is 2.31. The second kappa shape index (κ2) is 5.25. The van der Waals surface area contributed by atoms with E-state index >= 15 is 0 Å². The maximum Gasteiger partial charge on any atom is 0.258 e. The lowest BCUT2D eigenvalue weighted by Gasteiger charge is -2.33. The number of thiol groups is 1. The van der Waals surface area contributed by atoms with Gasteiger partial charge in [0.05, 0.1) is 5.57 Å². The zero-order valence-corrected chi connectivity index (χ0v) is 12.6. The fraction of sp³-hybridized carbons (Fsp3) is 0.267. The minimum absolute atomic E-state index is 0.266. The molecule has 3 N–H and O–H groups in total. The first kappa shape index (κ1) is 14.5. The van der Waals surface area contributed by atoms with Crippen LogP contribution in [0.1, 0.15) is 16.7 Å². The quantitative estimate of drug-likeness (QED) is 0.590. The number of carbonyl (C=O) groups excluding carboxylic acids is 1. The van der Waals surface area contributed by atoms with Crippen LogP contribution in [0, 0.1) is 20.8 Å². The largest absolute Gasteiger partial charge is 0.454 e. The Labute approximate surface area is 124 Å². The van der Waals surface area contributed by atoms with Crippen molar-refractivity contribution in [3.05, 3.63) is 52.7 Å². The predicted molar refractivity (Wildman–Crippen MR) is 82.6 cm³/mol. The Morgan fingerprint density at radius 1 is 1.30 bits per heavy atom. The summed E-state index contributed by atoms with van der Waals surface area (Å²) in [6.07, 6.45) is 4.95. The van der Waals surface area contributed by atoms with Crippen LogP contribution < -0.4 is 15.8 Å². The molecule has 0 saturated heterocycles. The number of ether oxygens (including phenoxy) is 1. The lowest BCUT2D eigenvalue weighted by molar-refractivity contribution is -0.115. The Balaban J connectivity index is 2.41. The van der Waals surface area contributed by atoms with Crippen LogP contribution in [0.5, 0.6) is 5.75 Å². The van der Waals surface area contributed by atoms with Crippen LogP contribution in [-0.2, 0) is 4.79 Å². The summed E-state index contributed by atoms with van der Waals surface area (Å²) in [6.45, 7) is 5.94. The van der Waals surface area contributed by atoms with Crippen LogP contribution >= 0.6 is 12.6 Å². The van der Waals surface area contributed by atoms with Gasteiger partial charge in [-0.1, -0.05) is 17.7 Å². The molecule has 1 aliphatic rings. The molecule has 0 aliphatic carbocycles. The van der Waals surface area contributed by atoms with Crippen molar-refractivity contribution in [2.45, 2.75) is 25.8 Å². The van der Waals surface area contributed by atoms with Gasteiger partial charge < -0.3 is 15.8 Å². The van der Waals surface area contributed by atoms with Gasteiger partial charge in [-0.3, -0.25) is 4.79 Å². The molecule has 2 rings (SSSR count). The molecule has 0 fully saturated rings. The van der Waals surface area contributed by atoms with E-state index in [2.05, 4.69) is 17.9 Å². The van der Waals surface area contributed by atoms with Crippen LogP contribution in [0.4, 0.5) is 0 Å². The Morgan fingerprint density at radius 2 is 1.90 bits per heavy atom. The van der Waals surface area contributed by atoms with Gasteiger partial charge in [-0.2, -0.15) is 0 Å². The van der Waals surface area contributed by atoms with Crippen molar-refractivity contribution >= 4 is 18.5 Å². The Kier molecular flexibility index (Phi) is 3.81. The number of nitrogens with two attached hydrogens (primary N) is 1. The Hall–Kier alpha value is -1.88. The molecule has 1 aromatic carbocycles. The predicted octanol–water partition coefficient (Wildman–Crippen LogP) is 2.10. The molecule has 0 spiro atoms. The van der Waals surface area contributed by atoms with Crippen molar-refractivity contribution in [2.24, 2.45) is 5.73 Å². The molecule has 4 nitrogen and oxygen atoms in total.